The smallest absolute Gasteiger partial charge is 0.259 e. The Kier molecular flexibility index (Phi) is 17.4. The van der Waals surface area contributed by atoms with E-state index in [4.69, 9.17) is 18.5 Å². The van der Waals surface area contributed by atoms with Gasteiger partial charge in [-0.2, -0.15) is 9.84 Å². The van der Waals surface area contributed by atoms with Gasteiger partial charge in [0.2, 0.25) is 5.69 Å². The molecular formula is C68H76N4O4P+. The normalized spacial score (nSPS) is 16.0. The monoisotopic (exact) mass is 1040 g/mol. The third-order valence-electron chi connectivity index (χ3n) is 15.3. The highest BCUT2D eigenvalue weighted by Crippen LogP contribution is 2.52. The van der Waals surface area contributed by atoms with Crippen LogP contribution in [0.15, 0.2) is 194 Å². The highest BCUT2D eigenvalue weighted by Gasteiger charge is 2.46. The molecule has 0 aromatic heterocycles. The van der Waals surface area contributed by atoms with Crippen LogP contribution < -0.4 is 9.64 Å². The summed E-state index contributed by atoms with van der Waals surface area (Å²) >= 11 is 0. The number of hydrogen-bond donors (Lipinski definition) is 0. The molecule has 2 aliphatic rings. The molecule has 7 aromatic carbocycles. The lowest BCUT2D eigenvalue weighted by Crippen LogP contribution is -2.34. The molecule has 0 saturated carbocycles. The Morgan fingerprint density at radius 2 is 1.22 bits per heavy atom. The van der Waals surface area contributed by atoms with Gasteiger partial charge in [-0.15, -0.1) is 0 Å². The third-order valence-corrected chi connectivity index (χ3v) is 17.4. The Morgan fingerprint density at radius 3 is 1.84 bits per heavy atom. The summed E-state index contributed by atoms with van der Waals surface area (Å²) in [5, 5.41) is 14.3. The molecule has 0 saturated heterocycles. The molecule has 2 aliphatic heterocycles. The molecule has 77 heavy (non-hydrogen) atoms. The van der Waals surface area contributed by atoms with Crippen molar-refractivity contribution in [1.29, 1.82) is 5.26 Å². The topological polar surface area (TPSA) is 70.2 Å². The summed E-state index contributed by atoms with van der Waals surface area (Å²) in [6.07, 6.45) is 13.2. The Labute approximate surface area is 459 Å². The van der Waals surface area contributed by atoms with Crippen molar-refractivity contribution in [3.8, 4) is 11.8 Å². The van der Waals surface area contributed by atoms with Crippen molar-refractivity contribution in [2.75, 3.05) is 44.9 Å². The van der Waals surface area contributed by atoms with Crippen molar-refractivity contribution in [3.05, 3.63) is 222 Å². The molecule has 0 N–H and O–H groups in total. The molecule has 1 unspecified atom stereocenters. The first kappa shape index (κ1) is 55.1. The van der Waals surface area contributed by atoms with Crippen LogP contribution in [-0.2, 0) is 30.2 Å². The fourth-order valence-electron chi connectivity index (χ4n) is 12.0. The Balaban J connectivity index is 1.01. The van der Waals surface area contributed by atoms with Gasteiger partial charge in [0.1, 0.15) is 11.4 Å². The van der Waals surface area contributed by atoms with Crippen LogP contribution in [0.2, 0.25) is 0 Å². The first-order chi connectivity index (χ1) is 37.3. The summed E-state index contributed by atoms with van der Waals surface area (Å²) in [4.78, 5) is 2.53. The van der Waals surface area contributed by atoms with Crippen LogP contribution in [0.1, 0.15) is 102 Å². The molecule has 9 rings (SSSR count). The molecule has 396 valence electrons. The number of nitrogens with zero attached hydrogens (tertiary/aromatic N) is 4. The van der Waals surface area contributed by atoms with Crippen LogP contribution in [0.4, 0.5) is 11.4 Å². The van der Waals surface area contributed by atoms with Crippen molar-refractivity contribution in [3.63, 3.8) is 0 Å². The highest BCUT2D eigenvalue weighted by atomic mass is 31.2. The summed E-state index contributed by atoms with van der Waals surface area (Å²) in [7, 11) is 0.385. The molecule has 7 aromatic rings. The van der Waals surface area contributed by atoms with E-state index in [0.717, 1.165) is 48.4 Å². The van der Waals surface area contributed by atoms with Gasteiger partial charge in [0.25, 0.3) is 8.53 Å². The molecular weight excluding hydrogens is 968 g/mol. The minimum absolute atomic E-state index is 0.242. The largest absolute Gasteiger partial charge is 0.497 e. The molecule has 8 nitrogen and oxygen atoms in total. The Hall–Kier alpha value is -6.69. The summed E-state index contributed by atoms with van der Waals surface area (Å²) in [6, 6.07) is 58.9. The summed E-state index contributed by atoms with van der Waals surface area (Å²) < 4.78 is 30.6. The summed E-state index contributed by atoms with van der Waals surface area (Å²) in [5.41, 5.74) is 9.49. The average molecular weight is 1040 g/mol. The third kappa shape index (κ3) is 11.2. The van der Waals surface area contributed by atoms with Crippen LogP contribution >= 0.6 is 8.53 Å². The van der Waals surface area contributed by atoms with Crippen LogP contribution in [0, 0.1) is 11.3 Å². The maximum atomic E-state index is 9.27. The van der Waals surface area contributed by atoms with Gasteiger partial charge in [0, 0.05) is 59.6 Å². The van der Waals surface area contributed by atoms with Crippen molar-refractivity contribution in [1.82, 2.24) is 4.67 Å². The number of nitriles is 1. The zero-order valence-corrected chi connectivity index (χ0v) is 47.5. The van der Waals surface area contributed by atoms with Gasteiger partial charge < -0.3 is 23.4 Å². The van der Waals surface area contributed by atoms with E-state index in [-0.39, 0.29) is 22.9 Å². The van der Waals surface area contributed by atoms with Crippen LogP contribution in [0.5, 0.6) is 5.75 Å². The number of benzene rings is 7. The van der Waals surface area contributed by atoms with Crippen LogP contribution in [0.25, 0.3) is 21.5 Å². The molecule has 2 heterocycles. The first-order valence-corrected chi connectivity index (χ1v) is 28.6. The standard InChI is InChI=1S/C68H76N4O4P/c1-50(2)72(51(3)4)77(75-48-23-44-69)76-49-25-46-71-61-43-37-53-27-20-22-33-59(53)65(61)67(7,8)63(71)35-18-12-17-34-62-66(5,6)64-58-32-21-19-26-52(58)36-42-60(64)70(62)45-24-47-74-68(54-28-13-10-14-29-54,55-30-15-11-16-31-55)56-38-40-57(73-9)41-39-56/h10-22,26-43,50-51H,23-25,45-49H2,1-9H3/q+1. The van der Waals surface area contributed by atoms with E-state index >= 15 is 0 Å². The number of ether oxygens (including phenoxy) is 2. The van der Waals surface area contributed by atoms with E-state index < -0.39 is 14.1 Å². The predicted octanol–water partition coefficient (Wildman–Crippen LogP) is 16.3. The van der Waals surface area contributed by atoms with E-state index in [1.165, 1.54) is 55.5 Å². The van der Waals surface area contributed by atoms with E-state index in [0.29, 0.717) is 26.2 Å². The molecule has 0 spiro atoms. The van der Waals surface area contributed by atoms with Gasteiger partial charge >= 0.3 is 0 Å². The maximum absolute atomic E-state index is 9.27. The second-order valence-electron chi connectivity index (χ2n) is 21.7. The average Bonchev–Trinajstić information content (AvgIpc) is 3.88. The van der Waals surface area contributed by atoms with E-state index in [9.17, 15) is 5.26 Å². The minimum atomic E-state index is -1.32. The molecule has 0 bridgehead atoms. The predicted molar refractivity (Wildman–Crippen MR) is 320 cm³/mol. The fraction of sp³-hybridized carbons (Fsp3) is 0.324. The first-order valence-electron chi connectivity index (χ1n) is 27.5. The van der Waals surface area contributed by atoms with Crippen LogP contribution in [0.3, 0.4) is 0 Å². The zero-order valence-electron chi connectivity index (χ0n) is 46.6. The van der Waals surface area contributed by atoms with Gasteiger partial charge in [0.05, 0.1) is 44.8 Å². The van der Waals surface area contributed by atoms with Crippen molar-refractivity contribution in [2.45, 2.75) is 103 Å². The number of methoxy groups -OCH3 is 1. The van der Waals surface area contributed by atoms with E-state index in [1.807, 2.05) is 12.1 Å². The van der Waals surface area contributed by atoms with Gasteiger partial charge in [-0.1, -0.05) is 159 Å². The van der Waals surface area contributed by atoms with Gasteiger partial charge in [0.15, 0.2) is 12.3 Å². The minimum Gasteiger partial charge on any atom is -0.497 e. The van der Waals surface area contributed by atoms with Crippen molar-refractivity contribution >= 4 is 47.2 Å². The summed E-state index contributed by atoms with van der Waals surface area (Å²) in [5.74, 6) is 0.806. The quantitative estimate of drug-likeness (QED) is 0.0208. The molecule has 0 aliphatic carbocycles. The molecule has 1 atom stereocenters. The van der Waals surface area contributed by atoms with E-state index in [2.05, 4.69) is 252 Å². The molecule has 0 radical (unpaired) electrons. The number of fused-ring (bicyclic) bond motifs is 6. The second kappa shape index (κ2) is 24.3. The van der Waals surface area contributed by atoms with Gasteiger partial charge in [-0.25, -0.2) is 4.67 Å². The Morgan fingerprint density at radius 1 is 0.636 bits per heavy atom. The lowest BCUT2D eigenvalue weighted by molar-refractivity contribution is -0.438. The summed E-state index contributed by atoms with van der Waals surface area (Å²) in [6.45, 7) is 21.1. The fourth-order valence-corrected chi connectivity index (χ4v) is 13.6. The van der Waals surface area contributed by atoms with Gasteiger partial charge in [-0.05, 0) is 122 Å². The Bertz CT molecular complexity index is 3270. The molecule has 9 heteroatoms. The maximum Gasteiger partial charge on any atom is 0.259 e. The zero-order chi connectivity index (χ0) is 54.2. The highest BCUT2D eigenvalue weighted by molar-refractivity contribution is 7.44. The van der Waals surface area contributed by atoms with Crippen LogP contribution in [-0.4, -0.2) is 67.1 Å². The number of allylic oxidation sites excluding steroid dienone is 6. The number of anilines is 1. The molecule has 0 amide bonds. The second-order valence-corrected chi connectivity index (χ2v) is 23.1. The van der Waals surface area contributed by atoms with E-state index in [1.54, 1.807) is 7.11 Å². The SMILES string of the molecule is COc1ccc(C(OCCCN2\C(=C/C=C/C=C/C3=[N+](CCCOP(OCCC#N)N(C(C)C)C(C)C)c4ccc5ccccc5c4C3(C)C)C(C)(C)c3c2ccc2ccccc32)(c2ccccc2)c2ccccc2)cc1. The lowest BCUT2D eigenvalue weighted by atomic mass is 9.79. The van der Waals surface area contributed by atoms with Crippen molar-refractivity contribution in [2.24, 2.45) is 0 Å². The lowest BCUT2D eigenvalue weighted by Gasteiger charge is -2.36. The van der Waals surface area contributed by atoms with Crippen molar-refractivity contribution < 1.29 is 23.1 Å². The number of rotatable bonds is 23. The van der Waals surface area contributed by atoms with Gasteiger partial charge in [-0.3, -0.25) is 0 Å². The molecule has 0 fully saturated rings. The number of hydrogen-bond acceptors (Lipinski definition) is 7.